The van der Waals surface area contributed by atoms with Crippen LogP contribution in [0.4, 0.5) is 0 Å². The summed E-state index contributed by atoms with van der Waals surface area (Å²) in [4.78, 5) is 9.89. The molecule has 0 saturated carbocycles. The predicted molar refractivity (Wildman–Crippen MR) is 28.3 cm³/mol. The first-order chi connectivity index (χ1) is 4.20. The fourth-order valence-corrected chi connectivity index (χ4v) is 0.580. The summed E-state index contributed by atoms with van der Waals surface area (Å²) in [5.41, 5.74) is 0. The van der Waals surface area contributed by atoms with Crippen molar-refractivity contribution in [3.05, 3.63) is 15.3 Å². The Morgan fingerprint density at radius 2 is 2.44 bits per heavy atom. The largest absolute Gasteiger partial charge is 0.622 e. The lowest BCUT2D eigenvalue weighted by Crippen LogP contribution is -2.29. The van der Waals surface area contributed by atoms with Crippen LogP contribution < -0.4 is 0 Å². The molecule has 50 valence electrons. The molecular weight excluding hydrogens is 126 g/mol. The van der Waals surface area contributed by atoms with Gasteiger partial charge in [-0.25, -0.2) is 10.1 Å². The number of nitro groups is 1. The number of hydrogen-bond donors (Lipinski definition) is 0. The van der Waals surface area contributed by atoms with Crippen LogP contribution in [0, 0.1) is 15.3 Å². The van der Waals surface area contributed by atoms with Gasteiger partial charge in [0, 0.05) is 0 Å². The van der Waals surface area contributed by atoms with Crippen LogP contribution in [-0.4, -0.2) is 34.2 Å². The fraction of sp³-hybridized carbons (Fsp3) is 0.667. The highest BCUT2D eigenvalue weighted by atomic mass is 16.7. The van der Waals surface area contributed by atoms with Gasteiger partial charge in [0.15, 0.2) is 17.8 Å². The van der Waals surface area contributed by atoms with Gasteiger partial charge in [-0.15, -0.1) is 0 Å². The van der Waals surface area contributed by atoms with Gasteiger partial charge in [0.25, 0.3) is 6.67 Å². The molecule has 0 spiro atoms. The first-order valence-corrected chi connectivity index (χ1v) is 2.36. The summed E-state index contributed by atoms with van der Waals surface area (Å²) in [5.74, 6) is 0. The van der Waals surface area contributed by atoms with Crippen molar-refractivity contribution >= 4 is 6.21 Å². The van der Waals surface area contributed by atoms with E-state index in [1.54, 1.807) is 0 Å². The average Bonchev–Trinajstić information content (AvgIpc) is 2.14. The highest BCUT2D eigenvalue weighted by Gasteiger charge is 2.23. The molecule has 6 nitrogen and oxygen atoms in total. The molecule has 0 fully saturated rings. The van der Waals surface area contributed by atoms with Gasteiger partial charge in [0.05, 0.1) is 0 Å². The van der Waals surface area contributed by atoms with Gasteiger partial charge in [0.1, 0.15) is 0 Å². The molecule has 0 bridgehead atoms. The number of hydrogen-bond acceptors (Lipinski definition) is 3. The molecule has 1 aliphatic rings. The van der Waals surface area contributed by atoms with E-state index in [1.165, 1.54) is 6.21 Å². The molecular formula is C3H5N3O3. The van der Waals surface area contributed by atoms with Gasteiger partial charge in [-0.2, -0.15) is 4.74 Å². The van der Waals surface area contributed by atoms with E-state index in [0.29, 0.717) is 4.74 Å². The van der Waals surface area contributed by atoms with Crippen LogP contribution in [-0.2, 0) is 0 Å². The molecule has 9 heavy (non-hydrogen) atoms. The second kappa shape index (κ2) is 1.88. The zero-order chi connectivity index (χ0) is 6.85. The third-order valence-electron chi connectivity index (χ3n) is 1.03. The summed E-state index contributed by atoms with van der Waals surface area (Å²) >= 11 is 0. The van der Waals surface area contributed by atoms with Crippen LogP contribution in [0.15, 0.2) is 0 Å². The van der Waals surface area contributed by atoms with Crippen molar-refractivity contribution < 1.29 is 9.77 Å². The van der Waals surface area contributed by atoms with Crippen molar-refractivity contribution in [3.63, 3.8) is 0 Å². The van der Waals surface area contributed by atoms with Crippen molar-refractivity contribution in [2.75, 3.05) is 13.2 Å². The first-order valence-electron chi connectivity index (χ1n) is 2.36. The zero-order valence-corrected chi connectivity index (χ0v) is 4.56. The summed E-state index contributed by atoms with van der Waals surface area (Å²) in [7, 11) is 0. The van der Waals surface area contributed by atoms with E-state index in [-0.39, 0.29) is 13.2 Å². The summed E-state index contributed by atoms with van der Waals surface area (Å²) in [6, 6.07) is 0. The Hall–Kier alpha value is -1.33. The fourth-order valence-electron chi connectivity index (χ4n) is 0.580. The Labute approximate surface area is 50.7 Å². The van der Waals surface area contributed by atoms with Gasteiger partial charge in [0.2, 0.25) is 0 Å². The SMILES string of the molecule is O=[N+]([O-])N1CC=[N+]([O-])C1. The molecule has 0 radical (unpaired) electrons. The topological polar surface area (TPSA) is 72.5 Å². The Balaban J connectivity index is 2.47. The van der Waals surface area contributed by atoms with E-state index in [2.05, 4.69) is 0 Å². The molecule has 0 N–H and O–H groups in total. The smallest absolute Gasteiger partial charge is 0.280 e. The molecule has 6 heteroatoms. The minimum absolute atomic E-state index is 0.108. The van der Waals surface area contributed by atoms with Crippen LogP contribution in [0.3, 0.4) is 0 Å². The van der Waals surface area contributed by atoms with E-state index in [9.17, 15) is 15.3 Å². The van der Waals surface area contributed by atoms with E-state index >= 15 is 0 Å². The van der Waals surface area contributed by atoms with Gasteiger partial charge in [-0.1, -0.05) is 5.01 Å². The minimum atomic E-state index is -0.589. The lowest BCUT2D eigenvalue weighted by atomic mass is 10.7. The summed E-state index contributed by atoms with van der Waals surface area (Å²) in [5, 5.41) is 20.4. The lowest BCUT2D eigenvalue weighted by molar-refractivity contribution is -0.687. The van der Waals surface area contributed by atoms with Crippen LogP contribution in [0.5, 0.6) is 0 Å². The molecule has 0 saturated heterocycles. The van der Waals surface area contributed by atoms with Gasteiger partial charge in [-0.05, 0) is 0 Å². The third kappa shape index (κ3) is 1.07. The van der Waals surface area contributed by atoms with E-state index in [0.717, 1.165) is 5.01 Å². The van der Waals surface area contributed by atoms with Crippen molar-refractivity contribution in [2.24, 2.45) is 0 Å². The Morgan fingerprint density at radius 3 is 2.67 bits per heavy atom. The van der Waals surface area contributed by atoms with Crippen molar-refractivity contribution in [2.45, 2.75) is 0 Å². The second-order valence-corrected chi connectivity index (χ2v) is 1.67. The summed E-state index contributed by atoms with van der Waals surface area (Å²) in [6.07, 6.45) is 1.23. The maximum absolute atomic E-state index is 10.3. The third-order valence-corrected chi connectivity index (χ3v) is 1.03. The van der Waals surface area contributed by atoms with Crippen molar-refractivity contribution in [1.82, 2.24) is 5.01 Å². The molecule has 0 unspecified atom stereocenters. The normalized spacial score (nSPS) is 17.8. The van der Waals surface area contributed by atoms with Crippen molar-refractivity contribution in [3.8, 4) is 0 Å². The number of nitrogens with zero attached hydrogens (tertiary/aromatic N) is 3. The van der Waals surface area contributed by atoms with Gasteiger partial charge < -0.3 is 5.21 Å². The van der Waals surface area contributed by atoms with Crippen LogP contribution in [0.2, 0.25) is 0 Å². The molecule has 1 rings (SSSR count). The molecule has 1 heterocycles. The maximum atomic E-state index is 10.3. The van der Waals surface area contributed by atoms with E-state index < -0.39 is 5.03 Å². The number of rotatable bonds is 1. The Bertz CT molecular complexity index is 166. The molecule has 0 amide bonds. The standard InChI is InChI=1S/C3H5N3O3/c7-5-2-1-4(3-5)6(8)9/h2H,1,3H2. The number of hydroxylamine groups is 1. The highest BCUT2D eigenvalue weighted by Crippen LogP contribution is 1.92. The predicted octanol–water partition coefficient (Wildman–Crippen LogP) is -0.968. The quantitative estimate of drug-likeness (QED) is 0.199. The second-order valence-electron chi connectivity index (χ2n) is 1.67. The van der Waals surface area contributed by atoms with Gasteiger partial charge in [-0.3, -0.25) is 0 Å². The molecule has 0 aromatic heterocycles. The van der Waals surface area contributed by atoms with Crippen LogP contribution >= 0.6 is 0 Å². The maximum Gasteiger partial charge on any atom is 0.280 e. The molecule has 1 aliphatic heterocycles. The Morgan fingerprint density at radius 1 is 1.78 bits per heavy atom. The first kappa shape index (κ1) is 5.80. The van der Waals surface area contributed by atoms with Crippen LogP contribution in [0.1, 0.15) is 0 Å². The molecule has 0 atom stereocenters. The lowest BCUT2D eigenvalue weighted by Gasteiger charge is -2.00. The number of hydrazine groups is 1. The van der Waals surface area contributed by atoms with E-state index in [4.69, 9.17) is 0 Å². The highest BCUT2D eigenvalue weighted by molar-refractivity contribution is 5.54. The summed E-state index contributed by atoms with van der Waals surface area (Å²) < 4.78 is 0.531. The molecule has 0 aromatic carbocycles. The molecule has 0 aromatic rings. The van der Waals surface area contributed by atoms with Gasteiger partial charge >= 0.3 is 0 Å². The zero-order valence-electron chi connectivity index (χ0n) is 4.56. The van der Waals surface area contributed by atoms with Crippen molar-refractivity contribution in [1.29, 1.82) is 0 Å². The monoisotopic (exact) mass is 131 g/mol. The van der Waals surface area contributed by atoms with E-state index in [1.807, 2.05) is 0 Å². The minimum Gasteiger partial charge on any atom is -0.622 e. The van der Waals surface area contributed by atoms with Crippen LogP contribution in [0.25, 0.3) is 0 Å². The Kier molecular flexibility index (Phi) is 1.21. The average molecular weight is 131 g/mol. The summed E-state index contributed by atoms with van der Waals surface area (Å²) in [6.45, 7) is -0.0521. The molecule has 0 aliphatic carbocycles.